The van der Waals surface area contributed by atoms with E-state index >= 15 is 0 Å². The number of halogens is 1. The maximum Gasteiger partial charge on any atom is 0.238 e. The van der Waals surface area contributed by atoms with Crippen molar-refractivity contribution < 1.29 is 9.47 Å². The van der Waals surface area contributed by atoms with Crippen molar-refractivity contribution in [3.05, 3.63) is 52.7 Å². The van der Waals surface area contributed by atoms with Gasteiger partial charge in [-0.15, -0.1) is 0 Å². The minimum Gasteiger partial charge on any atom is -0.438 e. The number of ether oxygens (including phenoxy) is 2. The normalized spacial score (nSPS) is 10.5. The summed E-state index contributed by atoms with van der Waals surface area (Å²) in [6.45, 7) is 0.878. The van der Waals surface area contributed by atoms with Crippen molar-refractivity contribution in [3.63, 3.8) is 0 Å². The maximum absolute atomic E-state index is 6.17. The van der Waals surface area contributed by atoms with E-state index in [-0.39, 0.29) is 0 Å². The van der Waals surface area contributed by atoms with E-state index in [2.05, 4.69) is 4.98 Å². The zero-order valence-electron chi connectivity index (χ0n) is 10.6. The Bertz CT molecular complexity index is 561. The van der Waals surface area contributed by atoms with Crippen molar-refractivity contribution in [2.75, 3.05) is 7.11 Å². The first kappa shape index (κ1) is 13.8. The largest absolute Gasteiger partial charge is 0.438 e. The SMILES string of the molecule is COCc1cccc(Oc2nccc(CN)c2Cl)c1. The number of nitrogens with zero attached hydrogens (tertiary/aromatic N) is 1. The second-order valence-corrected chi connectivity index (χ2v) is 4.35. The van der Waals surface area contributed by atoms with Crippen molar-refractivity contribution in [2.45, 2.75) is 13.2 Å². The Labute approximate surface area is 117 Å². The van der Waals surface area contributed by atoms with Crippen molar-refractivity contribution in [2.24, 2.45) is 5.73 Å². The molecule has 5 heteroatoms. The summed E-state index contributed by atoms with van der Waals surface area (Å²) in [4.78, 5) is 4.12. The molecule has 4 nitrogen and oxygen atoms in total. The summed E-state index contributed by atoms with van der Waals surface area (Å²) in [5, 5.41) is 0.446. The molecule has 2 aromatic rings. The van der Waals surface area contributed by atoms with Gasteiger partial charge in [0.2, 0.25) is 5.88 Å². The molecule has 2 rings (SSSR count). The van der Waals surface area contributed by atoms with Crippen LogP contribution in [0.25, 0.3) is 0 Å². The molecule has 0 spiro atoms. The lowest BCUT2D eigenvalue weighted by atomic mass is 10.2. The number of aromatic nitrogens is 1. The first-order chi connectivity index (χ1) is 9.24. The van der Waals surface area contributed by atoms with Crippen molar-refractivity contribution in [1.29, 1.82) is 0 Å². The summed E-state index contributed by atoms with van der Waals surface area (Å²) in [7, 11) is 1.65. The van der Waals surface area contributed by atoms with E-state index in [1.165, 1.54) is 0 Å². The van der Waals surface area contributed by atoms with Crippen LogP contribution in [0.3, 0.4) is 0 Å². The molecule has 0 aliphatic rings. The van der Waals surface area contributed by atoms with E-state index in [0.717, 1.165) is 11.1 Å². The van der Waals surface area contributed by atoms with Gasteiger partial charge in [0.1, 0.15) is 10.8 Å². The van der Waals surface area contributed by atoms with Crippen LogP contribution in [-0.4, -0.2) is 12.1 Å². The van der Waals surface area contributed by atoms with E-state index in [9.17, 15) is 0 Å². The molecule has 0 saturated carbocycles. The summed E-state index contributed by atoms with van der Waals surface area (Å²) in [6, 6.07) is 9.35. The average Bonchev–Trinajstić information content (AvgIpc) is 2.42. The van der Waals surface area contributed by atoms with Crippen molar-refractivity contribution in [1.82, 2.24) is 4.98 Å². The molecule has 1 aromatic carbocycles. The second kappa shape index (κ2) is 6.52. The van der Waals surface area contributed by atoms with Crippen LogP contribution in [-0.2, 0) is 17.9 Å². The van der Waals surface area contributed by atoms with Gasteiger partial charge in [0.25, 0.3) is 0 Å². The van der Waals surface area contributed by atoms with Gasteiger partial charge in [-0.1, -0.05) is 23.7 Å². The first-order valence-electron chi connectivity index (χ1n) is 5.83. The predicted octanol–water partition coefficient (Wildman–Crippen LogP) is 3.13. The molecule has 0 bridgehead atoms. The molecule has 1 heterocycles. The molecule has 0 atom stereocenters. The summed E-state index contributed by atoms with van der Waals surface area (Å²) >= 11 is 6.17. The van der Waals surface area contributed by atoms with Crippen LogP contribution >= 0.6 is 11.6 Å². The van der Waals surface area contributed by atoms with Crippen LogP contribution in [0.5, 0.6) is 11.6 Å². The number of nitrogens with two attached hydrogens (primary N) is 1. The molecule has 0 aliphatic carbocycles. The van der Waals surface area contributed by atoms with Gasteiger partial charge < -0.3 is 15.2 Å². The van der Waals surface area contributed by atoms with Crippen LogP contribution in [0.4, 0.5) is 0 Å². The van der Waals surface area contributed by atoms with Crippen molar-refractivity contribution in [3.8, 4) is 11.6 Å². The summed E-state index contributed by atoms with van der Waals surface area (Å²) < 4.78 is 10.8. The predicted molar refractivity (Wildman–Crippen MR) is 74.4 cm³/mol. The number of rotatable bonds is 5. The fourth-order valence-corrected chi connectivity index (χ4v) is 1.90. The average molecular weight is 279 g/mol. The Kier molecular flexibility index (Phi) is 4.74. The highest BCUT2D eigenvalue weighted by atomic mass is 35.5. The molecule has 2 N–H and O–H groups in total. The summed E-state index contributed by atoms with van der Waals surface area (Å²) in [5.74, 6) is 1.03. The quantitative estimate of drug-likeness (QED) is 0.913. The maximum atomic E-state index is 6.17. The standard InChI is InChI=1S/C14H15ClN2O2/c1-18-9-10-3-2-4-12(7-10)19-14-13(15)11(8-16)5-6-17-14/h2-7H,8-9,16H2,1H3. The Hall–Kier alpha value is -1.62. The second-order valence-electron chi connectivity index (χ2n) is 3.98. The molecule has 0 amide bonds. The number of hydrogen-bond donors (Lipinski definition) is 1. The third-order valence-corrected chi connectivity index (χ3v) is 2.99. The van der Waals surface area contributed by atoms with Gasteiger partial charge in [-0.3, -0.25) is 0 Å². The van der Waals surface area contributed by atoms with Crippen LogP contribution in [0.1, 0.15) is 11.1 Å². The Morgan fingerprint density at radius 2 is 2.16 bits per heavy atom. The van der Waals surface area contributed by atoms with Gasteiger partial charge in [0.05, 0.1) is 6.61 Å². The molecule has 0 fully saturated rings. The lowest BCUT2D eigenvalue weighted by molar-refractivity contribution is 0.184. The third-order valence-electron chi connectivity index (χ3n) is 2.58. The zero-order chi connectivity index (χ0) is 13.7. The highest BCUT2D eigenvalue weighted by Crippen LogP contribution is 2.29. The van der Waals surface area contributed by atoms with Gasteiger partial charge in [-0.25, -0.2) is 4.98 Å². The van der Waals surface area contributed by atoms with Gasteiger partial charge >= 0.3 is 0 Å². The van der Waals surface area contributed by atoms with E-state index in [1.54, 1.807) is 19.4 Å². The van der Waals surface area contributed by atoms with E-state index < -0.39 is 0 Å². The molecule has 0 aliphatic heterocycles. The highest BCUT2D eigenvalue weighted by molar-refractivity contribution is 6.32. The van der Waals surface area contributed by atoms with Crippen LogP contribution in [0.2, 0.25) is 5.02 Å². The number of methoxy groups -OCH3 is 1. The highest BCUT2D eigenvalue weighted by Gasteiger charge is 2.09. The lowest BCUT2D eigenvalue weighted by Gasteiger charge is -2.09. The minimum atomic E-state index is 0.349. The number of pyridine rings is 1. The molecule has 100 valence electrons. The number of benzene rings is 1. The molecular weight excluding hydrogens is 264 g/mol. The summed E-state index contributed by atoms with van der Waals surface area (Å²) in [5.41, 5.74) is 7.42. The topological polar surface area (TPSA) is 57.4 Å². The summed E-state index contributed by atoms with van der Waals surface area (Å²) in [6.07, 6.45) is 1.63. The fourth-order valence-electron chi connectivity index (χ4n) is 1.67. The molecule has 0 saturated heterocycles. The van der Waals surface area contributed by atoms with Crippen LogP contribution < -0.4 is 10.5 Å². The molecular formula is C14H15ClN2O2. The van der Waals surface area contributed by atoms with Crippen molar-refractivity contribution >= 4 is 11.6 Å². The monoisotopic (exact) mass is 278 g/mol. The molecule has 0 unspecified atom stereocenters. The molecule has 1 aromatic heterocycles. The molecule has 0 radical (unpaired) electrons. The number of hydrogen-bond acceptors (Lipinski definition) is 4. The molecule has 19 heavy (non-hydrogen) atoms. The van der Waals surface area contributed by atoms with Gasteiger partial charge in [-0.05, 0) is 29.3 Å². The minimum absolute atomic E-state index is 0.349. The van der Waals surface area contributed by atoms with E-state index in [1.807, 2.05) is 24.3 Å². The van der Waals surface area contributed by atoms with Gasteiger partial charge in [-0.2, -0.15) is 0 Å². The smallest absolute Gasteiger partial charge is 0.238 e. The Balaban J connectivity index is 2.23. The zero-order valence-corrected chi connectivity index (χ0v) is 11.4. The van der Waals surface area contributed by atoms with E-state index in [0.29, 0.717) is 29.8 Å². The van der Waals surface area contributed by atoms with E-state index in [4.69, 9.17) is 26.8 Å². The van der Waals surface area contributed by atoms with Crippen LogP contribution in [0.15, 0.2) is 36.5 Å². The third kappa shape index (κ3) is 3.44. The fraction of sp³-hybridized carbons (Fsp3) is 0.214. The Morgan fingerprint density at radius 1 is 1.32 bits per heavy atom. The Morgan fingerprint density at radius 3 is 2.89 bits per heavy atom. The van der Waals surface area contributed by atoms with Crippen LogP contribution in [0, 0.1) is 0 Å². The first-order valence-corrected chi connectivity index (χ1v) is 6.21. The lowest BCUT2D eigenvalue weighted by Crippen LogP contribution is -1.99. The van der Waals surface area contributed by atoms with Gasteiger partial charge in [0.15, 0.2) is 0 Å². The van der Waals surface area contributed by atoms with Gasteiger partial charge in [0, 0.05) is 19.9 Å².